The van der Waals surface area contributed by atoms with Crippen LogP contribution in [-0.2, 0) is 9.59 Å². The number of piperidine rings is 1. The summed E-state index contributed by atoms with van der Waals surface area (Å²) in [5, 5.41) is 8.66. The molecule has 1 saturated heterocycles. The van der Waals surface area contributed by atoms with Crippen molar-refractivity contribution in [1.29, 1.82) is 0 Å². The second kappa shape index (κ2) is 6.31. The highest BCUT2D eigenvalue weighted by molar-refractivity contribution is 5.81. The van der Waals surface area contributed by atoms with E-state index in [0.717, 1.165) is 24.8 Å². The minimum Gasteiger partial charge on any atom is -0.481 e. The Labute approximate surface area is 112 Å². The van der Waals surface area contributed by atoms with Crippen LogP contribution in [0.15, 0.2) is 24.5 Å². The number of likely N-dealkylation sites (tertiary alicyclic amines) is 1. The van der Waals surface area contributed by atoms with Crippen molar-refractivity contribution in [2.24, 2.45) is 0 Å². The van der Waals surface area contributed by atoms with E-state index in [-0.39, 0.29) is 24.8 Å². The quantitative estimate of drug-likeness (QED) is 0.901. The minimum atomic E-state index is -0.928. The van der Waals surface area contributed by atoms with Crippen molar-refractivity contribution in [3.63, 3.8) is 0 Å². The summed E-state index contributed by atoms with van der Waals surface area (Å²) in [6.07, 6.45) is 6.46. The van der Waals surface area contributed by atoms with Crippen molar-refractivity contribution in [3.05, 3.63) is 30.1 Å². The van der Waals surface area contributed by atoms with E-state index in [1.165, 1.54) is 0 Å². The highest BCUT2D eigenvalue weighted by atomic mass is 16.4. The van der Waals surface area contributed by atoms with Gasteiger partial charge < -0.3 is 10.0 Å². The van der Waals surface area contributed by atoms with E-state index in [9.17, 15) is 9.59 Å². The molecule has 102 valence electrons. The summed E-state index contributed by atoms with van der Waals surface area (Å²) in [4.78, 5) is 28.6. The maximum atomic E-state index is 12.1. The van der Waals surface area contributed by atoms with Gasteiger partial charge in [0.05, 0.1) is 12.5 Å². The molecule has 0 unspecified atom stereocenters. The molecule has 0 spiro atoms. The first-order chi connectivity index (χ1) is 9.18. The largest absolute Gasteiger partial charge is 0.481 e. The van der Waals surface area contributed by atoms with Crippen molar-refractivity contribution in [3.8, 4) is 0 Å². The minimum absolute atomic E-state index is 0.0451. The number of hydrogen-bond donors (Lipinski definition) is 1. The van der Waals surface area contributed by atoms with Crippen molar-refractivity contribution >= 4 is 11.9 Å². The number of pyridine rings is 1. The van der Waals surface area contributed by atoms with Gasteiger partial charge in [-0.3, -0.25) is 14.6 Å². The number of carboxylic acid groups (broad SMARTS) is 1. The van der Waals surface area contributed by atoms with E-state index >= 15 is 0 Å². The molecule has 1 fully saturated rings. The maximum Gasteiger partial charge on any atom is 0.303 e. The molecule has 1 aliphatic rings. The number of carbonyl (C=O) groups excluding carboxylic acids is 1. The summed E-state index contributed by atoms with van der Waals surface area (Å²) in [6, 6.07) is 3.88. The topological polar surface area (TPSA) is 70.5 Å². The van der Waals surface area contributed by atoms with Crippen LogP contribution in [0, 0.1) is 0 Å². The zero-order valence-electron chi connectivity index (χ0n) is 10.8. The van der Waals surface area contributed by atoms with Gasteiger partial charge in [0.25, 0.3) is 0 Å². The molecular weight excluding hydrogens is 244 g/mol. The van der Waals surface area contributed by atoms with Crippen molar-refractivity contribution in [1.82, 2.24) is 9.88 Å². The fraction of sp³-hybridized carbons (Fsp3) is 0.500. The SMILES string of the molecule is O=C(O)CCC(=O)N1CCCC[C@H]1c1cccnc1. The molecule has 19 heavy (non-hydrogen) atoms. The molecule has 5 nitrogen and oxygen atoms in total. The average Bonchev–Trinajstić information content (AvgIpc) is 2.45. The lowest BCUT2D eigenvalue weighted by Gasteiger charge is -2.36. The van der Waals surface area contributed by atoms with Crippen LogP contribution in [-0.4, -0.2) is 33.4 Å². The summed E-state index contributed by atoms with van der Waals surface area (Å²) in [5.74, 6) is -1.00. The normalized spacial score (nSPS) is 19.2. The Kier molecular flexibility index (Phi) is 4.49. The molecular formula is C14H18N2O3. The predicted molar refractivity (Wildman–Crippen MR) is 69.4 cm³/mol. The van der Waals surface area contributed by atoms with E-state index in [1.807, 2.05) is 17.0 Å². The highest BCUT2D eigenvalue weighted by Gasteiger charge is 2.27. The summed E-state index contributed by atoms with van der Waals surface area (Å²) < 4.78 is 0. The van der Waals surface area contributed by atoms with Crippen LogP contribution >= 0.6 is 0 Å². The van der Waals surface area contributed by atoms with Crippen LogP contribution < -0.4 is 0 Å². The van der Waals surface area contributed by atoms with Gasteiger partial charge in [-0.1, -0.05) is 6.07 Å². The van der Waals surface area contributed by atoms with Crippen LogP contribution in [0.4, 0.5) is 0 Å². The van der Waals surface area contributed by atoms with Gasteiger partial charge in [0.1, 0.15) is 0 Å². The number of hydrogen-bond acceptors (Lipinski definition) is 3. The van der Waals surface area contributed by atoms with E-state index in [1.54, 1.807) is 12.4 Å². The summed E-state index contributed by atoms with van der Waals surface area (Å²) in [7, 11) is 0. The van der Waals surface area contributed by atoms with Gasteiger partial charge in [-0.25, -0.2) is 0 Å². The molecule has 1 aliphatic heterocycles. The van der Waals surface area contributed by atoms with Gasteiger partial charge in [0.2, 0.25) is 5.91 Å². The molecule has 2 heterocycles. The Bertz CT molecular complexity index is 447. The number of aromatic nitrogens is 1. The van der Waals surface area contributed by atoms with Crippen LogP contribution in [0.3, 0.4) is 0 Å². The Hall–Kier alpha value is -1.91. The number of aliphatic carboxylic acids is 1. The summed E-state index contributed by atoms with van der Waals surface area (Å²) >= 11 is 0. The first-order valence-corrected chi connectivity index (χ1v) is 6.59. The van der Waals surface area contributed by atoms with Crippen LogP contribution in [0.2, 0.25) is 0 Å². The third kappa shape index (κ3) is 3.53. The maximum absolute atomic E-state index is 12.1. The zero-order chi connectivity index (χ0) is 13.7. The Morgan fingerprint density at radius 3 is 2.89 bits per heavy atom. The standard InChI is InChI=1S/C14H18N2O3/c17-13(6-7-14(18)19)16-9-2-1-5-12(16)11-4-3-8-15-10-11/h3-4,8,10,12H,1-2,5-7,9H2,(H,18,19)/t12-/m0/s1. The number of nitrogens with zero attached hydrogens (tertiary/aromatic N) is 2. The average molecular weight is 262 g/mol. The molecule has 0 bridgehead atoms. The monoisotopic (exact) mass is 262 g/mol. The third-order valence-corrected chi connectivity index (χ3v) is 3.45. The molecule has 1 N–H and O–H groups in total. The molecule has 0 aromatic carbocycles. The van der Waals surface area contributed by atoms with Gasteiger partial charge in [0, 0.05) is 25.4 Å². The lowest BCUT2D eigenvalue weighted by molar-refractivity contribution is -0.142. The molecule has 1 amide bonds. The van der Waals surface area contributed by atoms with E-state index in [0.29, 0.717) is 6.54 Å². The van der Waals surface area contributed by atoms with Gasteiger partial charge in [0.15, 0.2) is 0 Å². The molecule has 0 radical (unpaired) electrons. The van der Waals surface area contributed by atoms with Crippen molar-refractivity contribution in [2.75, 3.05) is 6.54 Å². The predicted octanol–water partition coefficient (Wildman–Crippen LogP) is 2.00. The third-order valence-electron chi connectivity index (χ3n) is 3.45. The summed E-state index contributed by atoms with van der Waals surface area (Å²) in [5.41, 5.74) is 1.03. The Balaban J connectivity index is 2.08. The van der Waals surface area contributed by atoms with Gasteiger partial charge >= 0.3 is 5.97 Å². The number of amides is 1. The van der Waals surface area contributed by atoms with Gasteiger partial charge in [-0.05, 0) is 30.9 Å². The van der Waals surface area contributed by atoms with Crippen LogP contribution in [0.1, 0.15) is 43.7 Å². The molecule has 0 saturated carbocycles. The van der Waals surface area contributed by atoms with Gasteiger partial charge in [-0.15, -0.1) is 0 Å². The summed E-state index contributed by atoms with van der Waals surface area (Å²) in [6.45, 7) is 0.706. The lowest BCUT2D eigenvalue weighted by atomic mass is 9.96. The first kappa shape index (κ1) is 13.5. The number of rotatable bonds is 4. The first-order valence-electron chi connectivity index (χ1n) is 6.59. The van der Waals surface area contributed by atoms with Crippen LogP contribution in [0.25, 0.3) is 0 Å². The van der Waals surface area contributed by atoms with E-state index in [4.69, 9.17) is 5.11 Å². The van der Waals surface area contributed by atoms with Crippen LogP contribution in [0.5, 0.6) is 0 Å². The molecule has 5 heteroatoms. The lowest BCUT2D eigenvalue weighted by Crippen LogP contribution is -2.38. The zero-order valence-corrected chi connectivity index (χ0v) is 10.8. The molecule has 0 aliphatic carbocycles. The number of carboxylic acids is 1. The van der Waals surface area contributed by atoms with Crippen molar-refractivity contribution < 1.29 is 14.7 Å². The number of carbonyl (C=O) groups is 2. The smallest absolute Gasteiger partial charge is 0.303 e. The second-order valence-corrected chi connectivity index (χ2v) is 4.78. The fourth-order valence-corrected chi connectivity index (χ4v) is 2.51. The highest BCUT2D eigenvalue weighted by Crippen LogP contribution is 2.30. The molecule has 2 rings (SSSR count). The molecule has 1 aromatic heterocycles. The fourth-order valence-electron chi connectivity index (χ4n) is 2.51. The van der Waals surface area contributed by atoms with Crippen molar-refractivity contribution in [2.45, 2.75) is 38.1 Å². The second-order valence-electron chi connectivity index (χ2n) is 4.78. The van der Waals surface area contributed by atoms with E-state index in [2.05, 4.69) is 4.98 Å². The molecule has 1 atom stereocenters. The van der Waals surface area contributed by atoms with E-state index < -0.39 is 5.97 Å². The molecule has 1 aromatic rings. The Morgan fingerprint density at radius 1 is 1.37 bits per heavy atom. The Morgan fingerprint density at radius 2 is 2.21 bits per heavy atom. The van der Waals surface area contributed by atoms with Gasteiger partial charge in [-0.2, -0.15) is 0 Å².